The first-order chi connectivity index (χ1) is 20.3. The van der Waals surface area contributed by atoms with Crippen LogP contribution in [-0.4, -0.2) is 98.1 Å². The lowest BCUT2D eigenvalue weighted by Crippen LogP contribution is -2.61. The number of hydroxylamine groups is 2. The molecule has 1 saturated heterocycles. The Bertz CT molecular complexity index is 1210. The number of hydrogen-bond donors (Lipinski definition) is 4. The number of amides is 1. The molecule has 1 aliphatic heterocycles. The molecule has 43 heavy (non-hydrogen) atoms. The summed E-state index contributed by atoms with van der Waals surface area (Å²) in [5.74, 6) is -5.74. The fourth-order valence-corrected chi connectivity index (χ4v) is 4.70. The second kappa shape index (κ2) is 16.3. The Balaban J connectivity index is 0.000000420. The molecule has 4 N–H and O–H groups in total. The zero-order valence-electron chi connectivity index (χ0n) is 24.2. The lowest BCUT2D eigenvalue weighted by atomic mass is 9.86. The van der Waals surface area contributed by atoms with E-state index in [-0.39, 0.29) is 12.5 Å². The molecule has 2 aromatic carbocycles. The number of carbonyl (C=O) groups is 5. The van der Waals surface area contributed by atoms with E-state index < -0.39 is 47.9 Å². The smallest absolute Gasteiger partial charge is 0.336 e. The molecule has 0 spiro atoms. The van der Waals surface area contributed by atoms with E-state index >= 15 is 0 Å². The summed E-state index contributed by atoms with van der Waals surface area (Å²) in [5.41, 5.74) is -1.61. The minimum Gasteiger partial charge on any atom is -0.481 e. The summed E-state index contributed by atoms with van der Waals surface area (Å²) < 4.78 is 5.11. The maximum Gasteiger partial charge on any atom is 0.336 e. The van der Waals surface area contributed by atoms with Crippen LogP contribution in [0, 0.1) is 0 Å². The van der Waals surface area contributed by atoms with Crippen molar-refractivity contribution in [3.63, 3.8) is 0 Å². The predicted octanol–water partition coefficient (Wildman–Crippen LogP) is 1.97. The van der Waals surface area contributed by atoms with Gasteiger partial charge < -0.3 is 30.1 Å². The maximum absolute atomic E-state index is 12.8. The zero-order valence-corrected chi connectivity index (χ0v) is 24.2. The van der Waals surface area contributed by atoms with Gasteiger partial charge in [-0.15, -0.1) is 0 Å². The molecule has 0 atom stereocenters. The number of aliphatic carboxylic acids is 3. The topological polar surface area (TPSA) is 191 Å². The third-order valence-corrected chi connectivity index (χ3v) is 6.97. The number of piperidine rings is 1. The maximum atomic E-state index is 12.8. The van der Waals surface area contributed by atoms with Gasteiger partial charge in [0.2, 0.25) is 5.91 Å². The van der Waals surface area contributed by atoms with E-state index in [1.165, 1.54) is 24.7 Å². The Morgan fingerprint density at radius 3 is 1.77 bits per heavy atom. The fraction of sp³-hybridized carbons (Fsp3) is 0.433. The van der Waals surface area contributed by atoms with Crippen molar-refractivity contribution in [2.24, 2.45) is 0 Å². The first kappa shape index (κ1) is 34.9. The SMILES string of the molecule is COC(=O)C1(N(OCc2ccccc2)C(C)=O)CCN(CCc2ccccc2)CC1.O=C(O)CC(O)(CC(=O)O)C(=O)O. The molecule has 234 valence electrons. The van der Waals surface area contributed by atoms with Crippen LogP contribution in [0.1, 0.15) is 43.7 Å². The average Bonchev–Trinajstić information content (AvgIpc) is 2.96. The number of aliphatic hydroxyl groups is 1. The third kappa shape index (κ3) is 10.5. The van der Waals surface area contributed by atoms with Crippen LogP contribution in [0.5, 0.6) is 0 Å². The molecule has 1 heterocycles. The Labute approximate surface area is 249 Å². The van der Waals surface area contributed by atoms with Crippen LogP contribution in [-0.2, 0) is 46.6 Å². The molecule has 1 amide bonds. The lowest BCUT2D eigenvalue weighted by Gasteiger charge is -2.45. The van der Waals surface area contributed by atoms with Crippen molar-refractivity contribution in [1.29, 1.82) is 0 Å². The molecule has 0 bridgehead atoms. The normalized spacial score (nSPS) is 14.5. The van der Waals surface area contributed by atoms with Gasteiger partial charge in [-0.25, -0.2) is 14.7 Å². The highest BCUT2D eigenvalue weighted by Crippen LogP contribution is 2.32. The summed E-state index contributed by atoms with van der Waals surface area (Å²) in [7, 11) is 1.36. The zero-order chi connectivity index (χ0) is 32.0. The molecular formula is C30H38N2O11. The van der Waals surface area contributed by atoms with Gasteiger partial charge in [0.05, 0.1) is 20.0 Å². The Morgan fingerprint density at radius 1 is 0.860 bits per heavy atom. The van der Waals surface area contributed by atoms with E-state index in [4.69, 9.17) is 30.0 Å². The van der Waals surface area contributed by atoms with Crippen LogP contribution in [0.2, 0.25) is 0 Å². The van der Waals surface area contributed by atoms with E-state index in [2.05, 4.69) is 17.0 Å². The second-order valence-corrected chi connectivity index (χ2v) is 10.2. The Morgan fingerprint density at radius 2 is 1.35 bits per heavy atom. The standard InChI is InChI=1S/C24H30N2O4.C6H8O7/c1-20(27)26(30-19-22-11-7-4-8-12-22)24(23(28)29-2)14-17-25(18-15-24)16-13-21-9-5-3-6-10-21;7-3(8)1-6(13,5(11)12)2-4(9)10/h3-12H,13-19H2,1-2H3;13H,1-2H2,(H,7,8)(H,9,10)(H,11,12). The number of carboxylic acid groups (broad SMARTS) is 3. The molecular weight excluding hydrogens is 564 g/mol. The molecule has 0 radical (unpaired) electrons. The van der Waals surface area contributed by atoms with Gasteiger partial charge in [0.25, 0.3) is 0 Å². The van der Waals surface area contributed by atoms with Crippen LogP contribution in [0.3, 0.4) is 0 Å². The number of methoxy groups -OCH3 is 1. The molecule has 0 aliphatic carbocycles. The van der Waals surface area contributed by atoms with Gasteiger partial charge in [-0.3, -0.25) is 19.2 Å². The molecule has 2 aromatic rings. The predicted molar refractivity (Wildman–Crippen MR) is 151 cm³/mol. The van der Waals surface area contributed by atoms with Crippen LogP contribution in [0.4, 0.5) is 0 Å². The molecule has 13 heteroatoms. The minimum atomic E-state index is -2.74. The molecule has 13 nitrogen and oxygen atoms in total. The van der Waals surface area contributed by atoms with Gasteiger partial charge in [-0.1, -0.05) is 60.7 Å². The van der Waals surface area contributed by atoms with E-state index in [0.29, 0.717) is 25.9 Å². The second-order valence-electron chi connectivity index (χ2n) is 10.2. The van der Waals surface area contributed by atoms with E-state index in [0.717, 1.165) is 18.5 Å². The summed E-state index contributed by atoms with van der Waals surface area (Å²) in [6, 6.07) is 20.0. The summed E-state index contributed by atoms with van der Waals surface area (Å²) in [4.78, 5) is 64.0. The monoisotopic (exact) mass is 602 g/mol. The Kier molecular flexibility index (Phi) is 13.3. The first-order valence-corrected chi connectivity index (χ1v) is 13.5. The number of likely N-dealkylation sites (tertiary alicyclic amines) is 1. The van der Waals surface area contributed by atoms with Crippen molar-refractivity contribution in [2.75, 3.05) is 26.7 Å². The summed E-state index contributed by atoms with van der Waals surface area (Å²) in [5, 5.41) is 35.1. The average molecular weight is 603 g/mol. The molecule has 0 saturated carbocycles. The highest BCUT2D eigenvalue weighted by molar-refractivity contribution is 5.88. The van der Waals surface area contributed by atoms with E-state index in [9.17, 15) is 24.0 Å². The van der Waals surface area contributed by atoms with Gasteiger partial charge in [0.15, 0.2) is 11.1 Å². The number of carboxylic acids is 3. The van der Waals surface area contributed by atoms with Crippen molar-refractivity contribution in [3.8, 4) is 0 Å². The van der Waals surface area contributed by atoms with Crippen molar-refractivity contribution < 1.29 is 54.0 Å². The molecule has 0 unspecified atom stereocenters. The first-order valence-electron chi connectivity index (χ1n) is 13.5. The van der Waals surface area contributed by atoms with E-state index in [1.807, 2.05) is 48.5 Å². The molecule has 3 rings (SSSR count). The van der Waals surface area contributed by atoms with Crippen LogP contribution >= 0.6 is 0 Å². The highest BCUT2D eigenvalue weighted by atomic mass is 16.7. The largest absolute Gasteiger partial charge is 0.481 e. The van der Waals surface area contributed by atoms with E-state index in [1.54, 1.807) is 0 Å². The highest BCUT2D eigenvalue weighted by Gasteiger charge is 2.50. The quantitative estimate of drug-likeness (QED) is 0.193. The van der Waals surface area contributed by atoms with Gasteiger partial charge in [-0.2, -0.15) is 0 Å². The number of benzene rings is 2. The number of ether oxygens (including phenoxy) is 1. The van der Waals surface area contributed by atoms with Crippen LogP contribution in [0.15, 0.2) is 60.7 Å². The molecule has 1 aliphatic rings. The number of esters is 1. The van der Waals surface area contributed by atoms with Crippen molar-refractivity contribution in [1.82, 2.24) is 9.96 Å². The summed E-state index contributed by atoms with van der Waals surface area (Å²) in [6.45, 7) is 3.95. The minimum absolute atomic E-state index is 0.219. The summed E-state index contributed by atoms with van der Waals surface area (Å²) in [6.07, 6.45) is -0.387. The number of nitrogens with zero attached hydrogens (tertiary/aromatic N) is 2. The fourth-order valence-electron chi connectivity index (χ4n) is 4.70. The van der Waals surface area contributed by atoms with Crippen molar-refractivity contribution in [3.05, 3.63) is 71.8 Å². The summed E-state index contributed by atoms with van der Waals surface area (Å²) >= 11 is 0. The van der Waals surface area contributed by atoms with Gasteiger partial charge in [0, 0.05) is 26.6 Å². The van der Waals surface area contributed by atoms with Crippen LogP contribution < -0.4 is 0 Å². The Hall–Kier alpha value is -4.33. The van der Waals surface area contributed by atoms with Gasteiger partial charge in [-0.05, 0) is 30.4 Å². The van der Waals surface area contributed by atoms with Gasteiger partial charge >= 0.3 is 23.9 Å². The lowest BCUT2D eigenvalue weighted by molar-refractivity contribution is -0.239. The molecule has 0 aromatic heterocycles. The number of rotatable bonds is 13. The number of carbonyl (C=O) groups excluding carboxylic acids is 2. The van der Waals surface area contributed by atoms with Crippen molar-refractivity contribution >= 4 is 29.8 Å². The van der Waals surface area contributed by atoms with Gasteiger partial charge in [0.1, 0.15) is 6.61 Å². The number of hydrogen-bond acceptors (Lipinski definition) is 9. The third-order valence-electron chi connectivity index (χ3n) is 6.97. The van der Waals surface area contributed by atoms with Crippen LogP contribution in [0.25, 0.3) is 0 Å². The molecule has 1 fully saturated rings. The van der Waals surface area contributed by atoms with Crippen molar-refractivity contribution in [2.45, 2.75) is 56.8 Å².